The molecule has 5 nitrogen and oxygen atoms in total. The van der Waals surface area contributed by atoms with E-state index >= 15 is 0 Å². The second-order valence-corrected chi connectivity index (χ2v) is 7.43. The van der Waals surface area contributed by atoms with Gasteiger partial charge in [0, 0.05) is 25.4 Å². The van der Waals surface area contributed by atoms with Gasteiger partial charge in [-0.3, -0.25) is 4.79 Å². The topological polar surface area (TPSA) is 56.1 Å². The lowest BCUT2D eigenvalue weighted by Crippen LogP contribution is -2.34. The van der Waals surface area contributed by atoms with Gasteiger partial charge in [0.25, 0.3) is 0 Å². The highest BCUT2D eigenvalue weighted by Crippen LogP contribution is 2.21. The number of nitrogens with zero attached hydrogens (tertiary/aromatic N) is 2. The third-order valence-corrected chi connectivity index (χ3v) is 5.37. The van der Waals surface area contributed by atoms with E-state index in [4.69, 9.17) is 4.74 Å². The van der Waals surface area contributed by atoms with Crippen molar-refractivity contribution in [3.63, 3.8) is 0 Å². The van der Waals surface area contributed by atoms with E-state index in [1.165, 1.54) is 17.3 Å². The van der Waals surface area contributed by atoms with Gasteiger partial charge in [-0.05, 0) is 39.2 Å². The summed E-state index contributed by atoms with van der Waals surface area (Å²) in [5.41, 5.74) is 3.43. The van der Waals surface area contributed by atoms with Gasteiger partial charge in [0.1, 0.15) is 0 Å². The summed E-state index contributed by atoms with van der Waals surface area (Å²) in [6.07, 6.45) is 1.90. The summed E-state index contributed by atoms with van der Waals surface area (Å²) in [6.45, 7) is 7.48. The third-order valence-electron chi connectivity index (χ3n) is 4.39. The van der Waals surface area contributed by atoms with Gasteiger partial charge in [-0.25, -0.2) is 4.98 Å². The molecule has 1 unspecified atom stereocenters. The van der Waals surface area contributed by atoms with Crippen molar-refractivity contribution in [3.05, 3.63) is 47.3 Å². The van der Waals surface area contributed by atoms with Crippen LogP contribution in [0.3, 0.4) is 0 Å². The molecule has 0 saturated carbocycles. The first-order valence-electron chi connectivity index (χ1n) is 9.00. The molecule has 26 heavy (non-hydrogen) atoms. The number of thioether (sulfide) groups is 1. The van der Waals surface area contributed by atoms with Crippen molar-refractivity contribution in [1.29, 1.82) is 0 Å². The van der Waals surface area contributed by atoms with Crippen LogP contribution in [0.4, 0.5) is 0 Å². The first kappa shape index (κ1) is 20.5. The largest absolute Gasteiger partial charge is 0.383 e. The molecule has 0 aliphatic rings. The number of benzene rings is 1. The van der Waals surface area contributed by atoms with Crippen LogP contribution in [0.25, 0.3) is 0 Å². The number of carbonyl (C=O) groups excluding carboxylic acids is 1. The third kappa shape index (κ3) is 6.18. The summed E-state index contributed by atoms with van der Waals surface area (Å²) >= 11 is 1.48. The summed E-state index contributed by atoms with van der Waals surface area (Å²) < 4.78 is 7.29. The maximum Gasteiger partial charge on any atom is 0.230 e. The summed E-state index contributed by atoms with van der Waals surface area (Å²) in [7, 11) is 1.69. The first-order chi connectivity index (χ1) is 12.5. The molecule has 6 heteroatoms. The molecule has 0 aliphatic heterocycles. The molecule has 0 bridgehead atoms. The highest BCUT2D eigenvalue weighted by molar-refractivity contribution is 7.99. The molecule has 1 amide bonds. The lowest BCUT2D eigenvalue weighted by molar-refractivity contribution is -0.119. The average Bonchev–Trinajstić information content (AvgIpc) is 2.91. The highest BCUT2D eigenvalue weighted by atomic mass is 32.2. The molecule has 1 atom stereocenters. The van der Waals surface area contributed by atoms with Gasteiger partial charge in [0.2, 0.25) is 5.91 Å². The maximum atomic E-state index is 12.3. The lowest BCUT2D eigenvalue weighted by atomic mass is 10.1. The van der Waals surface area contributed by atoms with Gasteiger partial charge >= 0.3 is 0 Å². The fraction of sp³-hybridized carbons (Fsp3) is 0.500. The number of hydrogen-bond acceptors (Lipinski definition) is 4. The van der Waals surface area contributed by atoms with Crippen LogP contribution in [0.15, 0.2) is 35.5 Å². The molecule has 0 aliphatic carbocycles. The van der Waals surface area contributed by atoms with Crippen molar-refractivity contribution in [1.82, 2.24) is 14.9 Å². The molecule has 1 N–H and O–H groups in total. The Bertz CT molecular complexity index is 701. The number of aryl methyl sites for hydroxylation is 2. The van der Waals surface area contributed by atoms with Gasteiger partial charge < -0.3 is 14.6 Å². The molecular weight excluding hydrogens is 346 g/mol. The number of ether oxygens (including phenoxy) is 1. The Kier molecular flexibility index (Phi) is 8.19. The molecule has 2 rings (SSSR count). The van der Waals surface area contributed by atoms with E-state index < -0.39 is 0 Å². The van der Waals surface area contributed by atoms with Crippen LogP contribution in [0.2, 0.25) is 0 Å². The standard InChI is InChI=1S/C20H29N3O2S/c1-15(10-11-18-8-6-5-7-9-18)21-19(24)14-26-20-22-16(2)17(3)23(20)12-13-25-4/h5-9,15H,10-14H2,1-4H3,(H,21,24). The van der Waals surface area contributed by atoms with Crippen LogP contribution < -0.4 is 5.32 Å². The van der Waals surface area contributed by atoms with Gasteiger partial charge in [-0.15, -0.1) is 0 Å². The predicted molar refractivity (Wildman–Crippen MR) is 107 cm³/mol. The van der Waals surface area contributed by atoms with Crippen LogP contribution in [0.1, 0.15) is 30.3 Å². The van der Waals surface area contributed by atoms with E-state index in [9.17, 15) is 4.79 Å². The number of rotatable bonds is 10. The SMILES string of the molecule is COCCn1c(SCC(=O)NC(C)CCc2ccccc2)nc(C)c1C. The molecular formula is C20H29N3O2S. The van der Waals surface area contributed by atoms with Crippen molar-refractivity contribution in [2.45, 2.75) is 51.4 Å². The normalized spacial score (nSPS) is 12.2. The van der Waals surface area contributed by atoms with Crippen LogP contribution in [0, 0.1) is 13.8 Å². The van der Waals surface area contributed by atoms with Gasteiger partial charge in [0.15, 0.2) is 5.16 Å². The van der Waals surface area contributed by atoms with Crippen molar-refractivity contribution in [3.8, 4) is 0 Å². The Balaban J connectivity index is 1.80. The average molecular weight is 376 g/mol. The zero-order chi connectivity index (χ0) is 18.9. The minimum Gasteiger partial charge on any atom is -0.383 e. The van der Waals surface area contributed by atoms with E-state index in [0.717, 1.165) is 35.9 Å². The van der Waals surface area contributed by atoms with Crippen LogP contribution in [0.5, 0.6) is 0 Å². The molecule has 1 aromatic carbocycles. The summed E-state index contributed by atoms with van der Waals surface area (Å²) in [6, 6.07) is 10.5. The molecule has 2 aromatic rings. The van der Waals surface area contributed by atoms with Crippen LogP contribution in [-0.4, -0.2) is 41.0 Å². The first-order valence-corrected chi connectivity index (χ1v) is 9.98. The van der Waals surface area contributed by atoms with E-state index in [2.05, 4.69) is 33.9 Å². The number of nitrogens with one attached hydrogen (secondary N) is 1. The number of aromatic nitrogens is 2. The van der Waals surface area contributed by atoms with E-state index in [0.29, 0.717) is 12.4 Å². The van der Waals surface area contributed by atoms with Crippen molar-refractivity contribution in [2.24, 2.45) is 0 Å². The summed E-state index contributed by atoms with van der Waals surface area (Å²) in [5.74, 6) is 0.422. The predicted octanol–water partition coefficient (Wildman–Crippen LogP) is 3.38. The summed E-state index contributed by atoms with van der Waals surface area (Å²) in [5, 5.41) is 3.96. The number of hydrogen-bond donors (Lipinski definition) is 1. The van der Waals surface area contributed by atoms with E-state index in [1.54, 1.807) is 7.11 Å². The van der Waals surface area contributed by atoms with Gasteiger partial charge in [-0.1, -0.05) is 42.1 Å². The van der Waals surface area contributed by atoms with Crippen molar-refractivity contribution >= 4 is 17.7 Å². The molecule has 0 saturated heterocycles. The Morgan fingerprint density at radius 1 is 1.31 bits per heavy atom. The highest BCUT2D eigenvalue weighted by Gasteiger charge is 2.14. The Morgan fingerprint density at radius 2 is 2.04 bits per heavy atom. The molecule has 1 heterocycles. The maximum absolute atomic E-state index is 12.3. The van der Waals surface area contributed by atoms with Crippen molar-refractivity contribution in [2.75, 3.05) is 19.5 Å². The molecule has 0 spiro atoms. The summed E-state index contributed by atoms with van der Waals surface area (Å²) in [4.78, 5) is 16.8. The number of carbonyl (C=O) groups is 1. The number of amides is 1. The smallest absolute Gasteiger partial charge is 0.230 e. The fourth-order valence-corrected chi connectivity index (χ4v) is 3.66. The number of imidazole rings is 1. The molecule has 1 aromatic heterocycles. The Labute approximate surface area is 160 Å². The lowest BCUT2D eigenvalue weighted by Gasteiger charge is -2.14. The van der Waals surface area contributed by atoms with Gasteiger partial charge in [0.05, 0.1) is 18.1 Å². The van der Waals surface area contributed by atoms with Gasteiger partial charge in [-0.2, -0.15) is 0 Å². The fourth-order valence-electron chi connectivity index (χ4n) is 2.73. The Hall–Kier alpha value is -1.79. The molecule has 0 fully saturated rings. The molecule has 0 radical (unpaired) electrons. The number of methoxy groups -OCH3 is 1. The van der Waals surface area contributed by atoms with Crippen LogP contribution in [-0.2, 0) is 22.5 Å². The van der Waals surface area contributed by atoms with Crippen LogP contribution >= 0.6 is 11.8 Å². The van der Waals surface area contributed by atoms with E-state index in [-0.39, 0.29) is 11.9 Å². The second-order valence-electron chi connectivity index (χ2n) is 6.49. The second kappa shape index (κ2) is 10.4. The molecule has 142 valence electrons. The monoisotopic (exact) mass is 375 g/mol. The van der Waals surface area contributed by atoms with Crippen molar-refractivity contribution < 1.29 is 9.53 Å². The quantitative estimate of drug-likeness (QED) is 0.647. The Morgan fingerprint density at radius 3 is 2.73 bits per heavy atom. The van der Waals surface area contributed by atoms with E-state index in [1.807, 2.05) is 32.0 Å². The minimum atomic E-state index is 0.0483. The zero-order valence-electron chi connectivity index (χ0n) is 16.1. The zero-order valence-corrected chi connectivity index (χ0v) is 16.9. The minimum absolute atomic E-state index is 0.0483.